The van der Waals surface area contributed by atoms with Gasteiger partial charge in [0.15, 0.2) is 5.17 Å². The Morgan fingerprint density at radius 3 is 3.18 bits per heavy atom. The molecule has 2 unspecified atom stereocenters. The van der Waals surface area contributed by atoms with Crippen LogP contribution in [0.3, 0.4) is 0 Å². The summed E-state index contributed by atoms with van der Waals surface area (Å²) < 4.78 is 0. The van der Waals surface area contributed by atoms with Gasteiger partial charge < -0.3 is 10.2 Å². The van der Waals surface area contributed by atoms with Crippen molar-refractivity contribution in [3.63, 3.8) is 0 Å². The molecule has 4 nitrogen and oxygen atoms in total. The zero-order valence-corrected chi connectivity index (χ0v) is 13.2. The largest absolute Gasteiger partial charge is 0.348 e. The third-order valence-electron chi connectivity index (χ3n) is 4.39. The van der Waals surface area contributed by atoms with E-state index in [1.165, 1.54) is 0 Å². The van der Waals surface area contributed by atoms with Gasteiger partial charge in [-0.2, -0.15) is 0 Å². The number of aliphatic imine (C=N–C) groups is 1. The maximum Gasteiger partial charge on any atom is 0.251 e. The van der Waals surface area contributed by atoms with Crippen molar-refractivity contribution in [2.24, 2.45) is 4.99 Å². The molecule has 0 spiro atoms. The van der Waals surface area contributed by atoms with Crippen LogP contribution < -0.4 is 5.32 Å². The number of fused-ring (bicyclic) bond motifs is 1. The summed E-state index contributed by atoms with van der Waals surface area (Å²) in [5.41, 5.74) is 1.87. The van der Waals surface area contributed by atoms with E-state index in [0.29, 0.717) is 0 Å². The molecule has 2 heterocycles. The Morgan fingerprint density at radius 2 is 2.36 bits per heavy atom. The molecule has 0 aromatic heterocycles. The zero-order chi connectivity index (χ0) is 14.9. The van der Waals surface area contributed by atoms with Gasteiger partial charge in [0.2, 0.25) is 0 Å². The summed E-state index contributed by atoms with van der Waals surface area (Å²) in [7, 11) is 0. The van der Waals surface area contributed by atoms with Gasteiger partial charge in [-0.25, -0.2) is 0 Å². The molecule has 1 saturated heterocycles. The van der Waals surface area contributed by atoms with Gasteiger partial charge in [0.1, 0.15) is 0 Å². The number of amides is 1. The van der Waals surface area contributed by atoms with Crippen molar-refractivity contribution in [2.75, 3.05) is 18.8 Å². The Hall–Kier alpha value is -1.75. The highest BCUT2D eigenvalue weighted by Gasteiger charge is 2.30. The SMILES string of the molecule is O=C(NC1C=CCC1)c1cccc(C2CN3CCSC3=N2)c1. The van der Waals surface area contributed by atoms with Crippen molar-refractivity contribution in [3.05, 3.63) is 47.5 Å². The quantitative estimate of drug-likeness (QED) is 0.873. The first-order valence-corrected chi connectivity index (χ1v) is 8.81. The molecular weight excluding hydrogens is 294 g/mol. The lowest BCUT2D eigenvalue weighted by atomic mass is 10.0. The molecule has 114 valence electrons. The van der Waals surface area contributed by atoms with Gasteiger partial charge in [0, 0.05) is 30.4 Å². The van der Waals surface area contributed by atoms with E-state index in [4.69, 9.17) is 4.99 Å². The Balaban J connectivity index is 1.49. The van der Waals surface area contributed by atoms with Crippen LogP contribution in [0, 0.1) is 0 Å². The smallest absolute Gasteiger partial charge is 0.251 e. The van der Waals surface area contributed by atoms with Crippen molar-refractivity contribution in [1.82, 2.24) is 10.2 Å². The first kappa shape index (κ1) is 13.9. The predicted octanol–water partition coefficient (Wildman–Crippen LogP) is 2.59. The first-order valence-electron chi connectivity index (χ1n) is 7.82. The lowest BCUT2D eigenvalue weighted by Gasteiger charge is -2.14. The number of carbonyl (C=O) groups excluding carboxylic acids is 1. The van der Waals surface area contributed by atoms with Gasteiger partial charge in [-0.15, -0.1) is 0 Å². The highest BCUT2D eigenvalue weighted by Crippen LogP contribution is 2.32. The Morgan fingerprint density at radius 1 is 1.41 bits per heavy atom. The van der Waals surface area contributed by atoms with Crippen LogP contribution in [0.25, 0.3) is 0 Å². The minimum atomic E-state index is 0.0129. The number of nitrogens with zero attached hydrogens (tertiary/aromatic N) is 2. The summed E-state index contributed by atoms with van der Waals surface area (Å²) in [6.07, 6.45) is 6.27. The van der Waals surface area contributed by atoms with Gasteiger partial charge in [-0.05, 0) is 30.5 Å². The van der Waals surface area contributed by atoms with Gasteiger partial charge in [-0.1, -0.05) is 36.0 Å². The van der Waals surface area contributed by atoms with E-state index in [9.17, 15) is 4.79 Å². The molecule has 1 aromatic rings. The molecule has 0 radical (unpaired) electrons. The van der Waals surface area contributed by atoms with E-state index in [1.807, 2.05) is 30.0 Å². The summed E-state index contributed by atoms with van der Waals surface area (Å²) >= 11 is 1.83. The third kappa shape index (κ3) is 2.65. The van der Waals surface area contributed by atoms with E-state index in [2.05, 4.69) is 28.4 Å². The maximum atomic E-state index is 12.4. The Kier molecular flexibility index (Phi) is 3.66. The van der Waals surface area contributed by atoms with Gasteiger partial charge in [0.05, 0.1) is 6.04 Å². The van der Waals surface area contributed by atoms with Crippen molar-refractivity contribution >= 4 is 22.8 Å². The number of benzene rings is 1. The number of thioether (sulfide) groups is 1. The minimum Gasteiger partial charge on any atom is -0.348 e. The summed E-state index contributed by atoms with van der Waals surface area (Å²) in [5, 5.41) is 4.24. The van der Waals surface area contributed by atoms with Crippen LogP contribution in [-0.4, -0.2) is 40.9 Å². The van der Waals surface area contributed by atoms with Crippen molar-refractivity contribution < 1.29 is 4.79 Å². The number of carbonyl (C=O) groups is 1. The Labute approximate surface area is 134 Å². The van der Waals surface area contributed by atoms with Crippen molar-refractivity contribution in [2.45, 2.75) is 24.9 Å². The van der Waals surface area contributed by atoms with Crippen LogP contribution in [0.2, 0.25) is 0 Å². The third-order valence-corrected chi connectivity index (χ3v) is 5.39. The molecule has 1 aliphatic carbocycles. The van der Waals surface area contributed by atoms with Crippen LogP contribution in [-0.2, 0) is 0 Å². The summed E-state index contributed by atoms with van der Waals surface area (Å²) in [4.78, 5) is 19.5. The molecule has 5 heteroatoms. The number of nitrogens with one attached hydrogen (secondary N) is 1. The maximum absolute atomic E-state index is 12.4. The fraction of sp³-hybridized carbons (Fsp3) is 0.412. The number of rotatable bonds is 3. The van der Waals surface area contributed by atoms with E-state index in [0.717, 1.165) is 48.0 Å². The number of hydrogen-bond donors (Lipinski definition) is 1. The standard InChI is InChI=1S/C17H19N3OS/c21-16(18-14-6-1-2-7-14)13-5-3-4-12(10-13)15-11-20-8-9-22-17(20)19-15/h1,3-6,10,14-15H,2,7-9,11H2,(H,18,21). The van der Waals surface area contributed by atoms with Gasteiger partial charge >= 0.3 is 0 Å². The molecule has 0 bridgehead atoms. The van der Waals surface area contributed by atoms with Crippen LogP contribution in [0.4, 0.5) is 0 Å². The molecule has 2 atom stereocenters. The Bertz CT molecular complexity index is 655. The van der Waals surface area contributed by atoms with Crippen LogP contribution in [0.1, 0.15) is 34.8 Å². The molecular formula is C17H19N3OS. The molecule has 0 saturated carbocycles. The monoisotopic (exact) mass is 313 g/mol. The highest BCUT2D eigenvalue weighted by molar-refractivity contribution is 8.14. The second-order valence-corrected chi connectivity index (χ2v) is 6.99. The molecule has 1 aromatic carbocycles. The second kappa shape index (κ2) is 5.80. The van der Waals surface area contributed by atoms with E-state index >= 15 is 0 Å². The topological polar surface area (TPSA) is 44.7 Å². The lowest BCUT2D eigenvalue weighted by Crippen LogP contribution is -2.32. The van der Waals surface area contributed by atoms with E-state index in [1.54, 1.807) is 0 Å². The van der Waals surface area contributed by atoms with E-state index in [-0.39, 0.29) is 18.0 Å². The molecule has 1 amide bonds. The molecule has 2 aliphatic heterocycles. The summed E-state index contributed by atoms with van der Waals surface area (Å²) in [5.74, 6) is 1.15. The summed E-state index contributed by atoms with van der Waals surface area (Å²) in [6.45, 7) is 2.03. The predicted molar refractivity (Wildman–Crippen MR) is 90.3 cm³/mol. The van der Waals surface area contributed by atoms with Crippen LogP contribution in [0.15, 0.2) is 41.4 Å². The van der Waals surface area contributed by atoms with Crippen LogP contribution in [0.5, 0.6) is 0 Å². The van der Waals surface area contributed by atoms with Gasteiger partial charge in [0.25, 0.3) is 5.91 Å². The van der Waals surface area contributed by atoms with Crippen LogP contribution >= 0.6 is 11.8 Å². The number of allylic oxidation sites excluding steroid dienone is 1. The van der Waals surface area contributed by atoms with E-state index < -0.39 is 0 Å². The normalized spacial score (nSPS) is 26.2. The average molecular weight is 313 g/mol. The fourth-order valence-corrected chi connectivity index (χ4v) is 4.22. The van der Waals surface area contributed by atoms with Gasteiger partial charge in [-0.3, -0.25) is 9.79 Å². The molecule has 22 heavy (non-hydrogen) atoms. The first-order chi connectivity index (χ1) is 10.8. The molecule has 1 fully saturated rings. The number of amidine groups is 1. The lowest BCUT2D eigenvalue weighted by molar-refractivity contribution is 0.0944. The highest BCUT2D eigenvalue weighted by atomic mass is 32.2. The molecule has 1 N–H and O–H groups in total. The fourth-order valence-electron chi connectivity index (χ4n) is 3.18. The minimum absolute atomic E-state index is 0.0129. The summed E-state index contributed by atoms with van der Waals surface area (Å²) in [6, 6.07) is 8.27. The van der Waals surface area contributed by atoms with Crippen molar-refractivity contribution in [1.29, 1.82) is 0 Å². The van der Waals surface area contributed by atoms with Crippen molar-refractivity contribution in [3.8, 4) is 0 Å². The molecule has 3 aliphatic rings. The zero-order valence-electron chi connectivity index (χ0n) is 12.4. The second-order valence-electron chi connectivity index (χ2n) is 5.93. The number of hydrogen-bond acceptors (Lipinski definition) is 4. The average Bonchev–Trinajstić information content (AvgIpc) is 3.24. The molecule has 4 rings (SSSR count).